The first-order chi connectivity index (χ1) is 5.52. The van der Waals surface area contributed by atoms with Crippen molar-refractivity contribution >= 4 is 5.97 Å². The molecule has 0 aromatic heterocycles. The van der Waals surface area contributed by atoms with E-state index < -0.39 is 11.8 Å². The quantitative estimate of drug-likeness (QED) is 0.391. The lowest BCUT2D eigenvalue weighted by Gasteiger charge is -2.29. The van der Waals surface area contributed by atoms with Gasteiger partial charge in [-0.15, -0.1) is 0 Å². The summed E-state index contributed by atoms with van der Waals surface area (Å²) in [7, 11) is 0. The zero-order valence-corrected chi connectivity index (χ0v) is 6.66. The highest BCUT2D eigenvalue weighted by atomic mass is 16.5. The van der Waals surface area contributed by atoms with Gasteiger partial charge in [-0.2, -0.15) is 0 Å². The molecule has 1 fully saturated rings. The Balaban J connectivity index is 2.79. The lowest BCUT2D eigenvalue weighted by molar-refractivity contribution is -0.145. The number of aliphatic hydroxyl groups is 2. The fourth-order valence-corrected chi connectivity index (χ4v) is 1.38. The Morgan fingerprint density at radius 1 is 1.42 bits per heavy atom. The van der Waals surface area contributed by atoms with Crippen LogP contribution in [0.1, 0.15) is 25.7 Å². The molecule has 1 saturated carbocycles. The van der Waals surface area contributed by atoms with Gasteiger partial charge in [-0.25, -0.2) is 4.79 Å². The second-order valence-electron chi connectivity index (χ2n) is 3.03. The SMILES string of the molecule is O=C(O)C=C1CCCCC1(O)O. The molecule has 0 aliphatic heterocycles. The molecule has 0 amide bonds. The van der Waals surface area contributed by atoms with E-state index in [0.717, 1.165) is 18.9 Å². The maximum absolute atomic E-state index is 10.3. The molecule has 0 atom stereocenters. The number of aliphatic carboxylic acids is 1. The molecule has 68 valence electrons. The summed E-state index contributed by atoms with van der Waals surface area (Å²) < 4.78 is 0. The molecule has 0 heterocycles. The highest BCUT2D eigenvalue weighted by Crippen LogP contribution is 2.30. The monoisotopic (exact) mass is 172 g/mol. The Morgan fingerprint density at radius 3 is 2.58 bits per heavy atom. The molecule has 4 nitrogen and oxygen atoms in total. The lowest BCUT2D eigenvalue weighted by atomic mass is 9.89. The van der Waals surface area contributed by atoms with Crippen molar-refractivity contribution in [2.24, 2.45) is 0 Å². The Bertz CT molecular complexity index is 217. The summed E-state index contributed by atoms with van der Waals surface area (Å²) in [6, 6.07) is 0. The predicted molar refractivity (Wildman–Crippen MR) is 41.4 cm³/mol. The number of carboxylic acids is 1. The zero-order chi connectivity index (χ0) is 9.19. The summed E-state index contributed by atoms with van der Waals surface area (Å²) in [5, 5.41) is 27.0. The standard InChI is InChI=1S/C8H12O4/c9-7(10)5-6-3-1-2-4-8(6,11)12/h5,11-12H,1-4H2,(H,9,10). The number of carboxylic acid groups (broad SMARTS) is 1. The summed E-state index contributed by atoms with van der Waals surface area (Å²) in [6.45, 7) is 0. The van der Waals surface area contributed by atoms with Crippen molar-refractivity contribution in [1.82, 2.24) is 0 Å². The fourth-order valence-electron chi connectivity index (χ4n) is 1.38. The van der Waals surface area contributed by atoms with Crippen LogP contribution in [0.5, 0.6) is 0 Å². The lowest BCUT2D eigenvalue weighted by Crippen LogP contribution is -2.33. The Labute approximate surface area is 70.1 Å². The van der Waals surface area contributed by atoms with E-state index in [1.807, 2.05) is 0 Å². The number of carbonyl (C=O) groups is 1. The highest BCUT2D eigenvalue weighted by molar-refractivity contribution is 5.81. The van der Waals surface area contributed by atoms with Gasteiger partial charge in [0.25, 0.3) is 0 Å². The van der Waals surface area contributed by atoms with Crippen molar-refractivity contribution in [1.29, 1.82) is 0 Å². The summed E-state index contributed by atoms with van der Waals surface area (Å²) in [5.41, 5.74) is 0.209. The van der Waals surface area contributed by atoms with Crippen LogP contribution >= 0.6 is 0 Å². The number of hydrogen-bond acceptors (Lipinski definition) is 3. The molecule has 1 aliphatic rings. The van der Waals surface area contributed by atoms with Crippen molar-refractivity contribution in [2.45, 2.75) is 31.5 Å². The van der Waals surface area contributed by atoms with Crippen molar-refractivity contribution in [3.05, 3.63) is 11.6 Å². The molecule has 0 radical (unpaired) electrons. The largest absolute Gasteiger partial charge is 0.478 e. The molecule has 0 spiro atoms. The van der Waals surface area contributed by atoms with E-state index in [4.69, 9.17) is 5.11 Å². The first-order valence-corrected chi connectivity index (χ1v) is 3.91. The maximum atomic E-state index is 10.3. The summed E-state index contributed by atoms with van der Waals surface area (Å²) >= 11 is 0. The van der Waals surface area contributed by atoms with Gasteiger partial charge < -0.3 is 15.3 Å². The second kappa shape index (κ2) is 3.25. The summed E-state index contributed by atoms with van der Waals surface area (Å²) in [4.78, 5) is 10.3. The number of rotatable bonds is 1. The van der Waals surface area contributed by atoms with E-state index in [2.05, 4.69) is 0 Å². The normalized spacial score (nSPS) is 25.7. The second-order valence-corrected chi connectivity index (χ2v) is 3.03. The van der Waals surface area contributed by atoms with Crippen LogP contribution in [0, 0.1) is 0 Å². The van der Waals surface area contributed by atoms with Gasteiger partial charge in [-0.1, -0.05) is 0 Å². The van der Waals surface area contributed by atoms with E-state index in [1.165, 1.54) is 0 Å². The van der Waals surface area contributed by atoms with Crippen LogP contribution in [-0.4, -0.2) is 27.1 Å². The average Bonchev–Trinajstić information content (AvgIpc) is 1.92. The third kappa shape index (κ3) is 2.06. The van der Waals surface area contributed by atoms with Gasteiger partial charge in [0.05, 0.1) is 0 Å². The van der Waals surface area contributed by atoms with E-state index in [0.29, 0.717) is 6.42 Å². The Hall–Kier alpha value is -0.870. The van der Waals surface area contributed by atoms with Gasteiger partial charge >= 0.3 is 5.97 Å². The fraction of sp³-hybridized carbons (Fsp3) is 0.625. The maximum Gasteiger partial charge on any atom is 0.328 e. The first kappa shape index (κ1) is 9.22. The Kier molecular flexibility index (Phi) is 2.49. The summed E-state index contributed by atoms with van der Waals surface area (Å²) in [6.07, 6.45) is 3.12. The average molecular weight is 172 g/mol. The zero-order valence-electron chi connectivity index (χ0n) is 6.66. The minimum atomic E-state index is -1.89. The van der Waals surface area contributed by atoms with E-state index in [9.17, 15) is 15.0 Å². The molecular formula is C8H12O4. The first-order valence-electron chi connectivity index (χ1n) is 3.91. The Morgan fingerprint density at radius 2 is 2.08 bits per heavy atom. The molecule has 0 unspecified atom stereocenters. The van der Waals surface area contributed by atoms with Gasteiger partial charge in [-0.05, 0) is 24.8 Å². The van der Waals surface area contributed by atoms with Crippen LogP contribution < -0.4 is 0 Å². The molecule has 1 rings (SSSR count). The molecule has 3 N–H and O–H groups in total. The van der Waals surface area contributed by atoms with Crippen LogP contribution in [0.4, 0.5) is 0 Å². The highest BCUT2D eigenvalue weighted by Gasteiger charge is 2.31. The predicted octanol–water partition coefficient (Wildman–Crippen LogP) is 0.252. The third-order valence-corrected chi connectivity index (χ3v) is 2.03. The van der Waals surface area contributed by atoms with Crippen LogP contribution in [0.3, 0.4) is 0 Å². The van der Waals surface area contributed by atoms with Crippen LogP contribution in [-0.2, 0) is 4.79 Å². The third-order valence-electron chi connectivity index (χ3n) is 2.03. The van der Waals surface area contributed by atoms with Gasteiger partial charge in [0.15, 0.2) is 5.79 Å². The molecule has 0 saturated heterocycles. The van der Waals surface area contributed by atoms with E-state index in [-0.39, 0.29) is 12.0 Å². The topological polar surface area (TPSA) is 77.8 Å². The van der Waals surface area contributed by atoms with Gasteiger partial charge in [0.1, 0.15) is 0 Å². The molecular weight excluding hydrogens is 160 g/mol. The van der Waals surface area contributed by atoms with E-state index in [1.54, 1.807) is 0 Å². The molecule has 0 aromatic rings. The van der Waals surface area contributed by atoms with Crippen LogP contribution in [0.15, 0.2) is 11.6 Å². The summed E-state index contributed by atoms with van der Waals surface area (Å²) in [5.74, 6) is -3.02. The number of hydrogen-bond donors (Lipinski definition) is 3. The molecule has 12 heavy (non-hydrogen) atoms. The molecule has 1 aliphatic carbocycles. The molecule has 0 aromatic carbocycles. The smallest absolute Gasteiger partial charge is 0.328 e. The van der Waals surface area contributed by atoms with Gasteiger partial charge in [0, 0.05) is 12.5 Å². The van der Waals surface area contributed by atoms with Crippen molar-refractivity contribution in [2.75, 3.05) is 0 Å². The van der Waals surface area contributed by atoms with Crippen molar-refractivity contribution in [3.63, 3.8) is 0 Å². The van der Waals surface area contributed by atoms with Gasteiger partial charge in [-0.3, -0.25) is 0 Å². The molecule has 4 heteroatoms. The molecule has 0 bridgehead atoms. The van der Waals surface area contributed by atoms with Crippen LogP contribution in [0.2, 0.25) is 0 Å². The van der Waals surface area contributed by atoms with Crippen molar-refractivity contribution in [3.8, 4) is 0 Å². The van der Waals surface area contributed by atoms with Gasteiger partial charge in [0.2, 0.25) is 0 Å². The van der Waals surface area contributed by atoms with E-state index >= 15 is 0 Å². The van der Waals surface area contributed by atoms with Crippen LogP contribution in [0.25, 0.3) is 0 Å². The van der Waals surface area contributed by atoms with Crippen molar-refractivity contribution < 1.29 is 20.1 Å². The minimum absolute atomic E-state index is 0.209. The minimum Gasteiger partial charge on any atom is -0.478 e.